The van der Waals surface area contributed by atoms with Crippen molar-refractivity contribution in [3.8, 4) is 0 Å². The average Bonchev–Trinajstić information content (AvgIpc) is 1.00. The molecule has 0 spiro atoms. The van der Waals surface area contributed by atoms with Gasteiger partial charge in [0.1, 0.15) is 0 Å². The Kier molecular flexibility index (Phi) is 1840. The summed E-state index contributed by atoms with van der Waals surface area (Å²) in [5.41, 5.74) is 0. The van der Waals surface area contributed by atoms with Gasteiger partial charge in [0, 0.05) is 151 Å². The zero-order chi connectivity index (χ0) is 2.00. The Balaban J connectivity index is -0.0000000000167. The molecule has 27 heteroatoms. The summed E-state index contributed by atoms with van der Waals surface area (Å²) in [6.45, 7) is 0. The van der Waals surface area contributed by atoms with E-state index >= 15 is 0 Å². The standard InChI is InChI=1S/Br2.6BrH.5Cs.6Re.8S/c1-2;;;;;;;;;;;;;;;;;;;;;;;;;/h;6*1H;;;;;;;;;;;;;;;;;;;/q;;;;;;;5*+1;;;;;;;8*-2/p-6. The van der Waals surface area contributed by atoms with Gasteiger partial charge in [-0.1, -0.05) is 0 Å². The summed E-state index contributed by atoms with van der Waals surface area (Å²) >= 11 is 5.50. The molecule has 0 unspecified atom stereocenters. The van der Waals surface area contributed by atoms with E-state index in [0.717, 1.165) is 0 Å². The topological polar surface area (TPSA) is 0 Å². The molecule has 0 aliphatic rings. The van der Waals surface area contributed by atoms with Crippen LogP contribution in [0.1, 0.15) is 0 Å². The molecule has 0 aromatic carbocycles. The molecule has 0 saturated heterocycles. The summed E-state index contributed by atoms with van der Waals surface area (Å²) < 4.78 is 0. The van der Waals surface area contributed by atoms with Gasteiger partial charge >= 0.3 is 344 Å². The number of rotatable bonds is 0. The van der Waals surface area contributed by atoms with Gasteiger partial charge in [0.15, 0.2) is 0 Å². The van der Waals surface area contributed by atoms with Crippen LogP contribution in [0, 0.1) is 0 Å². The first kappa shape index (κ1) is 220. The monoisotopic (exact) mass is 2670 g/mol. The summed E-state index contributed by atoms with van der Waals surface area (Å²) in [6, 6.07) is 0. The summed E-state index contributed by atoms with van der Waals surface area (Å²) in [6.07, 6.45) is 0. The van der Waals surface area contributed by atoms with Crippen LogP contribution in [-0.2, 0) is 231 Å². The maximum atomic E-state index is 2.75. The van der Waals surface area contributed by atoms with Gasteiger partial charge in [0.2, 0.25) is 0 Å². The molecule has 0 aliphatic carbocycles. The Labute approximate surface area is 679 Å². The normalized spacial score (nSPS) is 0.222. The maximum absolute atomic E-state index is 2.75. The Hall–Kier alpha value is 20.9. The molecular weight excluding hydrogens is 2680 g/mol. The van der Waals surface area contributed by atoms with Crippen molar-refractivity contribution < 1.29 is 569 Å². The van der Waals surface area contributed by atoms with E-state index in [1.54, 1.807) is 0 Å². The minimum Gasteiger partial charge on any atom is -2.00 e. The van der Waals surface area contributed by atoms with Gasteiger partial charge in [0.05, 0.1) is 0 Å². The molecule has 0 nitrogen and oxygen atoms in total. The SMILES string of the molecule is BrBr.[Br-].[Br-].[Br-].[Br-].[Br-].[Br-].[Cs+].[Cs+].[Cs+].[Cs+].[Cs+].[Re].[Re].[Re].[Re].[Re].[Re].[S-2].[S-2].[S-2].[S-2].[S-2].[S-2].[S-2].[S-2]. The summed E-state index contributed by atoms with van der Waals surface area (Å²) in [5.74, 6) is 0. The quantitative estimate of drug-likeness (QED) is 0.227. The first-order chi connectivity index (χ1) is 1.00. The molecule has 0 aromatic rings. The first-order valence-corrected chi connectivity index (χ1v) is 3.86. The van der Waals surface area contributed by atoms with E-state index in [9.17, 15) is 0 Å². The van der Waals surface area contributed by atoms with E-state index in [0.29, 0.717) is 0 Å². The molecular formula is Br8Cs5Re6S8-17. The third kappa shape index (κ3) is 217. The fraction of sp³-hybridized carbons (Fsp3) is 0. The fourth-order valence-electron chi connectivity index (χ4n) is 0. The summed E-state index contributed by atoms with van der Waals surface area (Å²) in [7, 11) is 0. The second-order valence-corrected chi connectivity index (χ2v) is 0. The molecule has 0 bridgehead atoms. The predicted octanol–water partition coefficient (Wildman–Crippen LogP) is -31.3. The van der Waals surface area contributed by atoms with E-state index in [4.69, 9.17) is 0 Å². The fourth-order valence-corrected chi connectivity index (χ4v) is 0. The van der Waals surface area contributed by atoms with Crippen molar-refractivity contribution in [1.82, 2.24) is 0 Å². The van der Waals surface area contributed by atoms with Gasteiger partial charge in [-0.25, -0.2) is 0 Å². The molecule has 0 saturated carbocycles. The maximum Gasteiger partial charge on any atom is 1.00 e. The number of hydrogen-bond acceptors (Lipinski definition) is 0. The van der Waals surface area contributed by atoms with Crippen LogP contribution in [-0.4, -0.2) is 0 Å². The molecule has 0 heterocycles. The van der Waals surface area contributed by atoms with E-state index < -0.39 is 0 Å². The van der Waals surface area contributed by atoms with Crippen LogP contribution in [0.2, 0.25) is 0 Å². The van der Waals surface area contributed by atoms with Crippen LogP contribution in [0.3, 0.4) is 0 Å². The number of hydrogen-bond donors (Lipinski definition) is 0. The van der Waals surface area contributed by atoms with Crippen LogP contribution < -0.4 is 446 Å². The Morgan fingerprint density at radius 3 is 0.222 bits per heavy atom. The molecule has 0 aromatic heterocycles. The van der Waals surface area contributed by atoms with Gasteiger partial charge in [-0.15, -0.1) is 0 Å². The van der Waals surface area contributed by atoms with Gasteiger partial charge in [-0.3, -0.25) is 0 Å². The molecule has 0 rings (SSSR count). The molecule has 0 amide bonds. The van der Waals surface area contributed by atoms with Crippen LogP contribution in [0.25, 0.3) is 0 Å². The molecule has 0 N–H and O–H groups in total. The number of halogens is 8. The van der Waals surface area contributed by atoms with Crippen molar-refractivity contribution in [2.45, 2.75) is 0 Å². The zero-order valence-corrected chi connectivity index (χ0v) is 80.5. The molecule has 168 valence electrons. The van der Waals surface area contributed by atoms with Crippen molar-refractivity contribution in [2.75, 3.05) is 0 Å². The first-order valence-electron chi connectivity index (χ1n) is 0.143. The Morgan fingerprint density at radius 1 is 0.222 bits per heavy atom. The molecule has 0 atom stereocenters. The van der Waals surface area contributed by atoms with Crippen molar-refractivity contribution in [3.63, 3.8) is 0 Å². The van der Waals surface area contributed by atoms with Crippen molar-refractivity contribution in [1.29, 1.82) is 0 Å². The zero-order valence-electron chi connectivity index (χ0n) is 13.6. The summed E-state index contributed by atoms with van der Waals surface area (Å²) in [5, 5.41) is 0. The van der Waals surface area contributed by atoms with Crippen LogP contribution >= 0.6 is 28.3 Å². The predicted molar refractivity (Wildman–Crippen MR) is 76.8 cm³/mol. The Bertz CT molecular complexity index is 53.3. The minimum atomic E-state index is 0. The van der Waals surface area contributed by atoms with E-state index in [2.05, 4.69) is 28.3 Å². The molecule has 6 radical (unpaired) electrons. The van der Waals surface area contributed by atoms with Crippen LogP contribution in [0.4, 0.5) is 0 Å². The van der Waals surface area contributed by atoms with Gasteiger partial charge < -0.3 is 210 Å². The second-order valence-electron chi connectivity index (χ2n) is 0. The van der Waals surface area contributed by atoms with Crippen LogP contribution in [0.15, 0.2) is 0 Å². The average molecular weight is 2680 g/mol. The van der Waals surface area contributed by atoms with E-state index in [1.165, 1.54) is 0 Å². The summed E-state index contributed by atoms with van der Waals surface area (Å²) in [4.78, 5) is 0. The minimum absolute atomic E-state index is 0. The van der Waals surface area contributed by atoms with Gasteiger partial charge in [-0.2, -0.15) is 0 Å². The van der Waals surface area contributed by atoms with E-state index in [-0.39, 0.29) is 677 Å². The van der Waals surface area contributed by atoms with Crippen LogP contribution in [0.5, 0.6) is 0 Å². The molecule has 27 heavy (non-hydrogen) atoms. The van der Waals surface area contributed by atoms with Crippen molar-refractivity contribution in [3.05, 3.63) is 0 Å². The third-order valence-electron chi connectivity index (χ3n) is 0. The van der Waals surface area contributed by atoms with Crippen molar-refractivity contribution in [2.24, 2.45) is 0 Å². The van der Waals surface area contributed by atoms with Gasteiger partial charge in [0.25, 0.3) is 0 Å². The molecule has 0 fully saturated rings. The smallest absolute Gasteiger partial charge is 1.00 e. The van der Waals surface area contributed by atoms with E-state index in [1.807, 2.05) is 0 Å². The van der Waals surface area contributed by atoms with Gasteiger partial charge in [-0.05, 0) is 0 Å². The Morgan fingerprint density at radius 2 is 0.222 bits per heavy atom. The second kappa shape index (κ2) is 226. The molecule has 0 aliphatic heterocycles. The third-order valence-corrected chi connectivity index (χ3v) is 0. The van der Waals surface area contributed by atoms with Crippen molar-refractivity contribution >= 4 is 136 Å². The largest absolute Gasteiger partial charge is 2.00 e.